The Morgan fingerprint density at radius 3 is 1.84 bits per heavy atom. The quantitative estimate of drug-likeness (QED) is 0.342. The third-order valence-corrected chi connectivity index (χ3v) is 5.57. The topological polar surface area (TPSA) is 52.6 Å². The van der Waals surface area contributed by atoms with Crippen LogP contribution in [0.2, 0.25) is 0 Å². The van der Waals surface area contributed by atoms with E-state index in [1.165, 1.54) is 13.2 Å². The summed E-state index contributed by atoms with van der Waals surface area (Å²) < 4.78 is 10.2. The highest BCUT2D eigenvalue weighted by Gasteiger charge is 2.27. The van der Waals surface area contributed by atoms with Crippen molar-refractivity contribution in [1.29, 1.82) is 0 Å². The number of rotatable bonds is 6. The van der Waals surface area contributed by atoms with E-state index in [4.69, 9.17) is 9.47 Å². The van der Waals surface area contributed by atoms with Gasteiger partial charge in [-0.25, -0.2) is 9.59 Å². The van der Waals surface area contributed by atoms with Crippen LogP contribution in [0.5, 0.6) is 0 Å². The van der Waals surface area contributed by atoms with Crippen LogP contribution in [-0.4, -0.2) is 30.0 Å². The number of benzene rings is 2. The molecule has 0 radical (unpaired) electrons. The van der Waals surface area contributed by atoms with E-state index in [2.05, 4.69) is 6.58 Å². The summed E-state index contributed by atoms with van der Waals surface area (Å²) in [5, 5.41) is 0. The molecule has 1 atom stereocenters. The summed E-state index contributed by atoms with van der Waals surface area (Å²) in [5.41, 5.74) is 0. The summed E-state index contributed by atoms with van der Waals surface area (Å²) >= 11 is 0. The molecule has 0 N–H and O–H groups in total. The second-order valence-corrected chi connectivity index (χ2v) is 7.06. The van der Waals surface area contributed by atoms with E-state index < -0.39 is 28.5 Å². The van der Waals surface area contributed by atoms with Gasteiger partial charge in [-0.2, -0.15) is 0 Å². The maximum absolute atomic E-state index is 12.7. The van der Waals surface area contributed by atoms with Gasteiger partial charge in [0, 0.05) is 9.79 Å². The van der Waals surface area contributed by atoms with E-state index in [0.29, 0.717) is 0 Å². The summed E-state index contributed by atoms with van der Waals surface area (Å²) in [5.74, 6) is -1.40. The van der Waals surface area contributed by atoms with Crippen LogP contribution in [0.15, 0.2) is 83.1 Å². The third kappa shape index (κ3) is 4.67. The van der Waals surface area contributed by atoms with Crippen molar-refractivity contribution in [2.24, 2.45) is 0 Å². The lowest BCUT2D eigenvalue weighted by molar-refractivity contribution is -0.140. The van der Waals surface area contributed by atoms with Crippen molar-refractivity contribution in [3.05, 3.63) is 73.3 Å². The zero-order chi connectivity index (χ0) is 18.2. The lowest BCUT2D eigenvalue weighted by Gasteiger charge is -2.17. The summed E-state index contributed by atoms with van der Waals surface area (Å²) in [6, 6.07) is 18.7. The molecule has 0 unspecified atom stereocenters. The second kappa shape index (κ2) is 8.99. The zero-order valence-electron chi connectivity index (χ0n) is 14.2. The van der Waals surface area contributed by atoms with Gasteiger partial charge in [-0.05, 0) is 31.2 Å². The number of hydrogen-bond donors (Lipinski definition) is 0. The van der Waals surface area contributed by atoms with Gasteiger partial charge in [0.15, 0.2) is 4.86 Å². The monoisotopic (exact) mass is 356 g/mol. The molecular formula is C20H20O4S. The van der Waals surface area contributed by atoms with Crippen LogP contribution in [0.1, 0.15) is 6.92 Å². The fraction of sp³-hybridized carbons (Fsp3) is 0.150. The fourth-order valence-electron chi connectivity index (χ4n) is 2.10. The average Bonchev–Trinajstić information content (AvgIpc) is 2.66. The highest BCUT2D eigenvalue weighted by molar-refractivity contribution is 8.18. The largest absolute Gasteiger partial charge is 0.465 e. The summed E-state index contributed by atoms with van der Waals surface area (Å²) in [6.07, 6.45) is 0.986. The Balaban J connectivity index is 2.71. The number of hydrogen-bond acceptors (Lipinski definition) is 4. The van der Waals surface area contributed by atoms with Crippen LogP contribution < -0.4 is 0 Å². The number of esters is 2. The standard InChI is InChI=1S/C20H20O4S/c1-4-15(2)24-20(22)18(19(21)23-3)25(16-11-7-5-8-12-16)17-13-9-6-10-14-17/h4-15H,1H2,2-3H3/t15-/m0/s1. The maximum atomic E-state index is 12.7. The Labute approximate surface area is 150 Å². The first-order valence-electron chi connectivity index (χ1n) is 7.71. The van der Waals surface area contributed by atoms with Crippen molar-refractivity contribution in [1.82, 2.24) is 0 Å². The molecule has 4 nitrogen and oxygen atoms in total. The zero-order valence-corrected chi connectivity index (χ0v) is 15.0. The molecule has 0 aromatic heterocycles. The van der Waals surface area contributed by atoms with Crippen LogP contribution in [0.25, 0.3) is 0 Å². The van der Waals surface area contributed by atoms with E-state index >= 15 is 0 Å². The molecule has 2 aromatic rings. The number of carbonyl (C=O) groups is 2. The third-order valence-electron chi connectivity index (χ3n) is 3.34. The van der Waals surface area contributed by atoms with Gasteiger partial charge in [-0.1, -0.05) is 49.1 Å². The van der Waals surface area contributed by atoms with Gasteiger partial charge in [0.25, 0.3) is 0 Å². The molecule has 2 aromatic carbocycles. The first kappa shape index (κ1) is 18.7. The molecule has 0 spiro atoms. The molecule has 25 heavy (non-hydrogen) atoms. The SMILES string of the molecule is C=C[C@H](C)OC(=O)C(C(=O)OC)=S(c1ccccc1)c1ccccc1. The van der Waals surface area contributed by atoms with Crippen LogP contribution in [0.4, 0.5) is 0 Å². The van der Waals surface area contributed by atoms with E-state index in [-0.39, 0.29) is 4.86 Å². The van der Waals surface area contributed by atoms with Crippen molar-refractivity contribution >= 4 is 27.3 Å². The lowest BCUT2D eigenvalue weighted by Crippen LogP contribution is -2.30. The summed E-state index contributed by atoms with van der Waals surface area (Å²) in [7, 11) is 0.320. The van der Waals surface area contributed by atoms with Gasteiger partial charge >= 0.3 is 11.9 Å². The minimum atomic E-state index is -0.934. The second-order valence-electron chi connectivity index (χ2n) is 5.10. The van der Waals surface area contributed by atoms with Crippen LogP contribution in [-0.2, 0) is 19.1 Å². The van der Waals surface area contributed by atoms with Gasteiger partial charge in [-0.3, -0.25) is 0 Å². The van der Waals surface area contributed by atoms with Crippen molar-refractivity contribution in [3.8, 4) is 0 Å². The van der Waals surface area contributed by atoms with Crippen LogP contribution in [0.3, 0.4) is 0 Å². The van der Waals surface area contributed by atoms with Gasteiger partial charge in [0.2, 0.25) is 0 Å². The van der Waals surface area contributed by atoms with Crippen molar-refractivity contribution in [2.45, 2.75) is 22.8 Å². The van der Waals surface area contributed by atoms with E-state index in [0.717, 1.165) is 9.79 Å². The molecule has 0 heterocycles. The molecule has 0 fully saturated rings. The smallest absolute Gasteiger partial charge is 0.352 e. The maximum Gasteiger partial charge on any atom is 0.352 e. The Kier molecular flexibility index (Phi) is 6.71. The van der Waals surface area contributed by atoms with Gasteiger partial charge in [-0.15, -0.1) is 10.5 Å². The van der Waals surface area contributed by atoms with Gasteiger partial charge in [0.05, 0.1) is 7.11 Å². The predicted octanol–water partition coefficient (Wildman–Crippen LogP) is 3.84. The van der Waals surface area contributed by atoms with E-state index in [9.17, 15) is 9.59 Å². The molecular weight excluding hydrogens is 336 g/mol. The first-order valence-corrected chi connectivity index (χ1v) is 8.94. The Morgan fingerprint density at radius 1 is 0.960 bits per heavy atom. The van der Waals surface area contributed by atoms with Crippen LogP contribution in [0, 0.1) is 0 Å². The minimum Gasteiger partial charge on any atom is -0.465 e. The minimum absolute atomic E-state index is 0.0337. The van der Waals surface area contributed by atoms with Crippen LogP contribution >= 0.6 is 10.5 Å². The molecule has 2 rings (SSSR count). The molecule has 0 aliphatic carbocycles. The van der Waals surface area contributed by atoms with E-state index in [1.807, 2.05) is 60.7 Å². The highest BCUT2D eigenvalue weighted by atomic mass is 32.2. The lowest BCUT2D eigenvalue weighted by atomic mass is 10.4. The highest BCUT2D eigenvalue weighted by Crippen LogP contribution is 2.37. The number of ether oxygens (including phenoxy) is 2. The molecule has 0 saturated carbocycles. The summed E-state index contributed by atoms with van der Waals surface area (Å²) in [4.78, 5) is 26.8. The number of methoxy groups -OCH3 is 1. The molecule has 0 saturated heterocycles. The fourth-order valence-corrected chi connectivity index (χ4v) is 4.17. The molecule has 5 heteroatoms. The summed E-state index contributed by atoms with van der Waals surface area (Å²) in [6.45, 7) is 5.28. The van der Waals surface area contributed by atoms with Gasteiger partial charge < -0.3 is 9.47 Å². The Morgan fingerprint density at radius 2 is 1.44 bits per heavy atom. The van der Waals surface area contributed by atoms with E-state index in [1.54, 1.807) is 6.92 Å². The molecule has 0 bridgehead atoms. The molecule has 130 valence electrons. The Hall–Kier alpha value is -2.66. The van der Waals surface area contributed by atoms with Crippen molar-refractivity contribution < 1.29 is 19.1 Å². The normalized spacial score (nSPS) is 11.5. The van der Waals surface area contributed by atoms with Gasteiger partial charge in [0.1, 0.15) is 6.10 Å². The van der Waals surface area contributed by atoms with Crippen molar-refractivity contribution in [3.63, 3.8) is 0 Å². The predicted molar refractivity (Wildman–Crippen MR) is 99.8 cm³/mol. The molecule has 0 aliphatic heterocycles. The number of carbonyl (C=O) groups excluding carboxylic acids is 2. The Bertz CT molecular complexity index is 740. The first-order chi connectivity index (χ1) is 12.1. The van der Waals surface area contributed by atoms with Crippen molar-refractivity contribution in [2.75, 3.05) is 7.11 Å². The molecule has 0 aliphatic rings. The average molecular weight is 356 g/mol. The molecule has 0 amide bonds.